The number of pyridine rings is 2. The molecule has 2 aromatic carbocycles. The first-order chi connectivity index (χ1) is 28.8. The summed E-state index contributed by atoms with van der Waals surface area (Å²) in [5.41, 5.74) is 7.89. The molecule has 4 saturated heterocycles. The van der Waals surface area contributed by atoms with Crippen molar-refractivity contribution >= 4 is 0 Å². The van der Waals surface area contributed by atoms with E-state index in [0.29, 0.717) is 54.7 Å². The van der Waals surface area contributed by atoms with Gasteiger partial charge in [-0.1, -0.05) is 12.1 Å². The van der Waals surface area contributed by atoms with Crippen LogP contribution in [0.1, 0.15) is 69.4 Å². The van der Waals surface area contributed by atoms with Crippen LogP contribution in [0.15, 0.2) is 91.4 Å². The number of nitrogens with one attached hydrogen (secondary N) is 2. The maximum Gasteiger partial charge on any atom is 0.233 e. The Bertz CT molecular complexity index is 2600. The number of ether oxygens (including phenoxy) is 4. The highest BCUT2D eigenvalue weighted by Gasteiger charge is 2.55. The lowest BCUT2D eigenvalue weighted by molar-refractivity contribution is 0.0170. The minimum absolute atomic E-state index is 0.0153. The quantitative estimate of drug-likeness (QED) is 0.160. The number of aromatic nitrogens is 6. The van der Waals surface area contributed by atoms with Crippen molar-refractivity contribution in [2.24, 2.45) is 5.92 Å². The van der Waals surface area contributed by atoms with E-state index in [0.717, 1.165) is 96.1 Å². The molecule has 10 heterocycles. The molecule has 2 N–H and O–H groups in total. The van der Waals surface area contributed by atoms with E-state index >= 15 is 0 Å². The van der Waals surface area contributed by atoms with Crippen LogP contribution in [0.25, 0.3) is 33.6 Å². The van der Waals surface area contributed by atoms with Crippen molar-refractivity contribution in [2.45, 2.75) is 107 Å². The summed E-state index contributed by atoms with van der Waals surface area (Å²) in [5, 5.41) is 16.4. The van der Waals surface area contributed by atoms with Gasteiger partial charge in [0.15, 0.2) is 0 Å². The summed E-state index contributed by atoms with van der Waals surface area (Å²) in [6, 6.07) is 24.5. The number of hydrogen-bond acceptors (Lipinski definition) is 10. The van der Waals surface area contributed by atoms with Gasteiger partial charge in [0.1, 0.15) is 25.4 Å². The van der Waals surface area contributed by atoms with Gasteiger partial charge in [-0.05, 0) is 104 Å². The van der Waals surface area contributed by atoms with Gasteiger partial charge < -0.3 is 29.6 Å². The van der Waals surface area contributed by atoms with E-state index in [9.17, 15) is 4.39 Å². The summed E-state index contributed by atoms with van der Waals surface area (Å²) in [5.74, 6) is 2.19. The molecule has 4 fully saturated rings. The van der Waals surface area contributed by atoms with Crippen LogP contribution in [0.2, 0.25) is 0 Å². The Balaban J connectivity index is 0.761. The summed E-state index contributed by atoms with van der Waals surface area (Å²) in [6.07, 6.45) is 13.7. The van der Waals surface area contributed by atoms with Crippen LogP contribution < -0.4 is 29.6 Å². The maximum absolute atomic E-state index is 13.6. The molecular weight excluding hydrogens is 748 g/mol. The maximum atomic E-state index is 13.6. The molecule has 59 heavy (non-hydrogen) atoms. The van der Waals surface area contributed by atoms with E-state index in [4.69, 9.17) is 28.9 Å². The standard InChI is InChI=1S/C46H45FN8O4/c1-45-14-15-46(53-45,23-32(22-45)58-41-11-8-35-33-6-4-30(54-17-2-16-48-54)19-27(33)25-56-43(35)50-41)24-37-38-10-3-29(49-38)21-39(37)59-42-12-9-36-34-7-5-31(55-18-13-40(47)52-55)20-28(34)26-57-44(36)51-42/h2,4-9,11-13,16-20,29,32,37-39,49,53H,3,10,14-15,21-26H2,1H3/t29?,32-,37?,38?,39-,45+,46-/m1/s1. The van der Waals surface area contributed by atoms with Gasteiger partial charge in [0.2, 0.25) is 29.5 Å². The van der Waals surface area contributed by atoms with E-state index in [2.05, 4.69) is 58.1 Å². The number of fused-ring (bicyclic) bond motifs is 10. The molecule has 4 aromatic heterocycles. The molecular formula is C46H45FN8O4. The van der Waals surface area contributed by atoms with Crippen LogP contribution in [0.3, 0.4) is 0 Å². The Labute approximate surface area is 341 Å². The van der Waals surface area contributed by atoms with Crippen molar-refractivity contribution < 1.29 is 23.3 Å². The van der Waals surface area contributed by atoms with E-state index in [1.807, 2.05) is 47.3 Å². The third kappa shape index (κ3) is 6.24. The minimum Gasteiger partial charge on any atom is -0.474 e. The normalized spacial score (nSPS) is 28.4. The molecule has 4 bridgehead atoms. The van der Waals surface area contributed by atoms with Crippen LogP contribution in [0.4, 0.5) is 4.39 Å². The smallest absolute Gasteiger partial charge is 0.233 e. The van der Waals surface area contributed by atoms with Crippen molar-refractivity contribution in [1.29, 1.82) is 0 Å². The van der Waals surface area contributed by atoms with Gasteiger partial charge in [-0.25, -0.2) is 9.36 Å². The second-order valence-electron chi connectivity index (χ2n) is 17.7. The summed E-state index contributed by atoms with van der Waals surface area (Å²) >= 11 is 0. The number of benzene rings is 2. The number of hydrogen-bond donors (Lipinski definition) is 2. The summed E-state index contributed by atoms with van der Waals surface area (Å²) in [4.78, 5) is 9.84. The second-order valence-corrected chi connectivity index (χ2v) is 17.7. The number of nitrogens with zero attached hydrogens (tertiary/aromatic N) is 6. The average molecular weight is 793 g/mol. The molecule has 300 valence electrons. The van der Waals surface area contributed by atoms with Gasteiger partial charge in [-0.2, -0.15) is 19.5 Å². The summed E-state index contributed by atoms with van der Waals surface area (Å²) in [6.45, 7) is 3.17. The molecule has 7 atom stereocenters. The van der Waals surface area contributed by atoms with E-state index < -0.39 is 5.95 Å². The third-order valence-electron chi connectivity index (χ3n) is 13.7. The van der Waals surface area contributed by atoms with Crippen molar-refractivity contribution in [2.75, 3.05) is 0 Å². The molecule has 12 nitrogen and oxygen atoms in total. The topological polar surface area (TPSA) is 122 Å². The summed E-state index contributed by atoms with van der Waals surface area (Å²) in [7, 11) is 0. The molecule has 0 spiro atoms. The number of halogens is 1. The summed E-state index contributed by atoms with van der Waals surface area (Å²) < 4.78 is 43.1. The van der Waals surface area contributed by atoms with Gasteiger partial charge in [-0.3, -0.25) is 0 Å². The lowest BCUT2D eigenvalue weighted by atomic mass is 9.74. The highest BCUT2D eigenvalue weighted by atomic mass is 19.1. The third-order valence-corrected chi connectivity index (χ3v) is 13.7. The van der Waals surface area contributed by atoms with E-state index in [1.54, 1.807) is 12.4 Å². The van der Waals surface area contributed by atoms with Crippen molar-refractivity contribution in [3.8, 4) is 57.1 Å². The number of rotatable bonds is 8. The molecule has 0 saturated carbocycles. The molecule has 6 aromatic rings. The lowest BCUT2D eigenvalue weighted by Gasteiger charge is -2.47. The predicted octanol–water partition coefficient (Wildman–Crippen LogP) is 7.51. The molecule has 0 radical (unpaired) electrons. The molecule has 12 rings (SSSR count). The first-order valence-electron chi connectivity index (χ1n) is 21.0. The fourth-order valence-electron chi connectivity index (χ4n) is 11.2. The monoisotopic (exact) mass is 792 g/mol. The fourth-order valence-corrected chi connectivity index (χ4v) is 11.2. The molecule has 6 aliphatic rings. The van der Waals surface area contributed by atoms with Gasteiger partial charge in [-0.15, -0.1) is 5.10 Å². The molecule has 13 heteroatoms. The van der Waals surface area contributed by atoms with Gasteiger partial charge in [0.25, 0.3) is 0 Å². The largest absolute Gasteiger partial charge is 0.474 e. The lowest BCUT2D eigenvalue weighted by Crippen LogP contribution is -2.61. The fraction of sp³-hybridized carbons (Fsp3) is 0.391. The van der Waals surface area contributed by atoms with Crippen molar-refractivity contribution in [1.82, 2.24) is 40.2 Å². The van der Waals surface area contributed by atoms with E-state index in [1.165, 1.54) is 10.7 Å². The predicted molar refractivity (Wildman–Crippen MR) is 216 cm³/mol. The van der Waals surface area contributed by atoms with E-state index in [-0.39, 0.29) is 23.3 Å². The van der Waals surface area contributed by atoms with Gasteiger partial charge >= 0.3 is 0 Å². The van der Waals surface area contributed by atoms with Crippen LogP contribution in [-0.2, 0) is 13.2 Å². The minimum atomic E-state index is -0.511. The number of piperidine rings is 2. The zero-order chi connectivity index (χ0) is 39.3. The highest BCUT2D eigenvalue weighted by Crippen LogP contribution is 2.50. The molecule has 0 aliphatic carbocycles. The van der Waals surface area contributed by atoms with Crippen molar-refractivity contribution in [3.63, 3.8) is 0 Å². The second kappa shape index (κ2) is 13.4. The Kier molecular flexibility index (Phi) is 7.97. The SMILES string of the molecule is C[C@]12CC[C@](CC3C4CCC(C[C@H]3Oc3ccc5c(n3)OCc3cc(-n6ccc(F)n6)ccc3-5)N4)(C[C@H](Oc3ccc4c(n3)OCc3cc(-n5cccn5)ccc3-4)C1)N2. The van der Waals surface area contributed by atoms with Gasteiger partial charge in [0, 0.05) is 96.3 Å². The Hall–Kier alpha value is -5.79. The van der Waals surface area contributed by atoms with Gasteiger partial charge in [0.05, 0.1) is 11.4 Å². The Morgan fingerprint density at radius 3 is 2.20 bits per heavy atom. The average Bonchev–Trinajstić information content (AvgIpc) is 4.06. The van der Waals surface area contributed by atoms with Crippen LogP contribution in [0.5, 0.6) is 23.5 Å². The molecule has 3 unspecified atom stereocenters. The highest BCUT2D eigenvalue weighted by molar-refractivity contribution is 5.76. The van der Waals surface area contributed by atoms with Crippen LogP contribution in [0, 0.1) is 11.9 Å². The first-order valence-corrected chi connectivity index (χ1v) is 21.0. The molecule has 6 aliphatic heterocycles. The first kappa shape index (κ1) is 35.2. The van der Waals surface area contributed by atoms with Crippen LogP contribution >= 0.6 is 0 Å². The molecule has 0 amide bonds. The van der Waals surface area contributed by atoms with Crippen LogP contribution in [-0.4, -0.2) is 64.9 Å². The van der Waals surface area contributed by atoms with Crippen molar-refractivity contribution in [3.05, 3.63) is 108 Å². The Morgan fingerprint density at radius 2 is 1.51 bits per heavy atom. The Morgan fingerprint density at radius 1 is 0.797 bits per heavy atom. The zero-order valence-electron chi connectivity index (χ0n) is 32.8. The zero-order valence-corrected chi connectivity index (χ0v) is 32.8.